The van der Waals surface area contributed by atoms with Crippen LogP contribution in [-0.2, 0) is 4.74 Å². The van der Waals surface area contributed by atoms with E-state index in [9.17, 15) is 5.11 Å². The van der Waals surface area contributed by atoms with Gasteiger partial charge in [0.1, 0.15) is 0 Å². The van der Waals surface area contributed by atoms with Gasteiger partial charge in [0.2, 0.25) is 0 Å². The first-order valence-electron chi connectivity index (χ1n) is 7.52. The Morgan fingerprint density at radius 2 is 1.83 bits per heavy atom. The van der Waals surface area contributed by atoms with Gasteiger partial charge in [-0.25, -0.2) is 0 Å². The van der Waals surface area contributed by atoms with Crippen molar-refractivity contribution in [3.05, 3.63) is 0 Å². The summed E-state index contributed by atoms with van der Waals surface area (Å²) in [4.78, 5) is 0. The van der Waals surface area contributed by atoms with Gasteiger partial charge in [0.25, 0.3) is 0 Å². The molecule has 3 fully saturated rings. The molecule has 3 aliphatic rings. The molecular weight excluding hydrogens is 224 g/mol. The molecule has 0 aromatic heterocycles. The molecule has 0 bridgehead atoms. The molecule has 3 aliphatic carbocycles. The minimum absolute atomic E-state index is 0.383. The highest BCUT2D eigenvalue weighted by Crippen LogP contribution is 2.70. The molecule has 0 aliphatic heterocycles. The third kappa shape index (κ3) is 1.76. The molecule has 0 spiro atoms. The summed E-state index contributed by atoms with van der Waals surface area (Å²) in [6, 6.07) is 0. The summed E-state index contributed by atoms with van der Waals surface area (Å²) in [5.74, 6) is 2.08. The lowest BCUT2D eigenvalue weighted by atomic mass is 9.72. The van der Waals surface area contributed by atoms with E-state index in [1.54, 1.807) is 7.11 Å². The molecule has 3 rings (SSSR count). The van der Waals surface area contributed by atoms with Crippen molar-refractivity contribution in [1.82, 2.24) is 0 Å². The summed E-state index contributed by atoms with van der Waals surface area (Å²) in [5, 5.41) is 11.0. The SMILES string of the molecule is COC[C@@]1(O)CC[C@@H]2[C@@H]1CC(C)(C)C[C@H]1C[C@]12C. The lowest BCUT2D eigenvalue weighted by Crippen LogP contribution is -2.42. The van der Waals surface area contributed by atoms with Gasteiger partial charge in [0.05, 0.1) is 12.2 Å². The number of fused-ring (bicyclic) bond motifs is 3. The van der Waals surface area contributed by atoms with Crippen molar-refractivity contribution >= 4 is 0 Å². The summed E-state index contributed by atoms with van der Waals surface area (Å²) >= 11 is 0. The average molecular weight is 252 g/mol. The topological polar surface area (TPSA) is 29.5 Å². The molecule has 0 radical (unpaired) electrons. The van der Waals surface area contributed by atoms with Crippen LogP contribution in [0, 0.1) is 28.6 Å². The maximum absolute atomic E-state index is 11.0. The van der Waals surface area contributed by atoms with Gasteiger partial charge < -0.3 is 9.84 Å². The van der Waals surface area contributed by atoms with Crippen molar-refractivity contribution < 1.29 is 9.84 Å². The fourth-order valence-electron chi connectivity index (χ4n) is 5.29. The Bertz CT molecular complexity index is 351. The van der Waals surface area contributed by atoms with Crippen LogP contribution in [0.15, 0.2) is 0 Å². The van der Waals surface area contributed by atoms with Crippen LogP contribution in [0.5, 0.6) is 0 Å². The number of hydrogen-bond acceptors (Lipinski definition) is 2. The Balaban J connectivity index is 1.91. The molecule has 104 valence electrons. The molecular formula is C16H28O2. The molecule has 0 amide bonds. The zero-order valence-corrected chi connectivity index (χ0v) is 12.3. The molecule has 0 heterocycles. The molecule has 5 atom stereocenters. The van der Waals surface area contributed by atoms with E-state index in [1.165, 1.54) is 25.7 Å². The summed E-state index contributed by atoms with van der Waals surface area (Å²) in [7, 11) is 1.72. The lowest BCUT2D eigenvalue weighted by Gasteiger charge is -2.37. The maximum atomic E-state index is 11.0. The highest BCUT2D eigenvalue weighted by molar-refractivity contribution is 5.14. The van der Waals surface area contributed by atoms with Gasteiger partial charge in [-0.3, -0.25) is 0 Å². The van der Waals surface area contributed by atoms with Gasteiger partial charge in [-0.05, 0) is 60.7 Å². The molecule has 0 saturated heterocycles. The van der Waals surface area contributed by atoms with Crippen LogP contribution < -0.4 is 0 Å². The maximum Gasteiger partial charge on any atom is 0.0911 e. The summed E-state index contributed by atoms with van der Waals surface area (Å²) in [6.45, 7) is 7.76. The van der Waals surface area contributed by atoms with Crippen LogP contribution in [0.4, 0.5) is 0 Å². The van der Waals surface area contributed by atoms with Gasteiger partial charge in [-0.15, -0.1) is 0 Å². The van der Waals surface area contributed by atoms with Gasteiger partial charge in [0, 0.05) is 7.11 Å². The Kier molecular flexibility index (Phi) is 2.68. The third-order valence-electron chi connectivity index (χ3n) is 6.34. The van der Waals surface area contributed by atoms with Gasteiger partial charge >= 0.3 is 0 Å². The Morgan fingerprint density at radius 3 is 2.50 bits per heavy atom. The quantitative estimate of drug-likeness (QED) is 0.817. The second-order valence-corrected chi connectivity index (χ2v) is 8.27. The summed E-state index contributed by atoms with van der Waals surface area (Å²) in [6.07, 6.45) is 6.05. The van der Waals surface area contributed by atoms with Crippen LogP contribution in [0.2, 0.25) is 0 Å². The van der Waals surface area contributed by atoms with Crippen LogP contribution >= 0.6 is 0 Å². The van der Waals surface area contributed by atoms with Crippen molar-refractivity contribution in [3.8, 4) is 0 Å². The van der Waals surface area contributed by atoms with Crippen LogP contribution in [0.1, 0.15) is 52.9 Å². The largest absolute Gasteiger partial charge is 0.387 e. The van der Waals surface area contributed by atoms with E-state index in [0.717, 1.165) is 18.3 Å². The average Bonchev–Trinajstić information content (AvgIpc) is 2.76. The zero-order valence-electron chi connectivity index (χ0n) is 12.3. The Morgan fingerprint density at radius 1 is 1.11 bits per heavy atom. The van der Waals surface area contributed by atoms with E-state index in [2.05, 4.69) is 20.8 Å². The monoisotopic (exact) mass is 252 g/mol. The number of aliphatic hydroxyl groups is 1. The molecule has 0 unspecified atom stereocenters. The van der Waals surface area contributed by atoms with Gasteiger partial charge in [0.15, 0.2) is 0 Å². The summed E-state index contributed by atoms with van der Waals surface area (Å²) < 4.78 is 5.32. The van der Waals surface area contributed by atoms with Crippen molar-refractivity contribution in [2.75, 3.05) is 13.7 Å². The smallest absolute Gasteiger partial charge is 0.0911 e. The highest BCUT2D eigenvalue weighted by atomic mass is 16.5. The van der Waals surface area contributed by atoms with E-state index < -0.39 is 5.60 Å². The van der Waals surface area contributed by atoms with Crippen molar-refractivity contribution in [2.24, 2.45) is 28.6 Å². The van der Waals surface area contributed by atoms with Gasteiger partial charge in [-0.2, -0.15) is 0 Å². The number of ether oxygens (including phenoxy) is 1. The molecule has 18 heavy (non-hydrogen) atoms. The van der Waals surface area contributed by atoms with Crippen LogP contribution in [0.25, 0.3) is 0 Å². The Labute approximate surface area is 111 Å². The second kappa shape index (κ2) is 3.73. The zero-order chi connectivity index (χ0) is 13.2. The molecule has 0 aromatic carbocycles. The normalized spacial score (nSPS) is 53.5. The third-order valence-corrected chi connectivity index (χ3v) is 6.34. The fraction of sp³-hybridized carbons (Fsp3) is 1.00. The van der Waals surface area contributed by atoms with Crippen molar-refractivity contribution in [2.45, 2.75) is 58.5 Å². The van der Waals surface area contributed by atoms with Crippen LogP contribution in [0.3, 0.4) is 0 Å². The minimum atomic E-state index is -0.558. The number of rotatable bonds is 2. The number of methoxy groups -OCH3 is 1. The lowest BCUT2D eigenvalue weighted by molar-refractivity contribution is -0.0779. The molecule has 1 N–H and O–H groups in total. The van der Waals surface area contributed by atoms with E-state index in [4.69, 9.17) is 4.74 Å². The molecule has 0 aromatic rings. The first kappa shape index (κ1) is 12.9. The predicted octanol–water partition coefficient (Wildman–Crippen LogP) is 3.24. The molecule has 3 saturated carbocycles. The van der Waals surface area contributed by atoms with Crippen molar-refractivity contribution in [3.63, 3.8) is 0 Å². The first-order valence-corrected chi connectivity index (χ1v) is 7.52. The second-order valence-electron chi connectivity index (χ2n) is 8.27. The minimum Gasteiger partial charge on any atom is -0.387 e. The number of hydrogen-bond donors (Lipinski definition) is 1. The predicted molar refractivity (Wildman–Crippen MR) is 72.3 cm³/mol. The fourth-order valence-corrected chi connectivity index (χ4v) is 5.29. The van der Waals surface area contributed by atoms with Crippen LogP contribution in [-0.4, -0.2) is 24.4 Å². The van der Waals surface area contributed by atoms with E-state index >= 15 is 0 Å². The molecule has 2 heteroatoms. The first-order chi connectivity index (χ1) is 8.31. The van der Waals surface area contributed by atoms with Crippen molar-refractivity contribution in [1.29, 1.82) is 0 Å². The van der Waals surface area contributed by atoms with E-state index in [1.807, 2.05) is 0 Å². The summed E-state index contributed by atoms with van der Waals surface area (Å²) in [5.41, 5.74) is 0.349. The molecule has 2 nitrogen and oxygen atoms in total. The van der Waals surface area contributed by atoms with Gasteiger partial charge in [-0.1, -0.05) is 20.8 Å². The van der Waals surface area contributed by atoms with E-state index in [0.29, 0.717) is 23.4 Å². The standard InChI is InChI=1S/C16H28O2/c1-14(2)7-11-8-15(11,3)12-5-6-16(17,10-18-4)13(12)9-14/h11-13,17H,5-10H2,1-4H3/t11-,12+,13-,15+,16-/m0/s1. The van der Waals surface area contributed by atoms with E-state index in [-0.39, 0.29) is 0 Å². The Hall–Kier alpha value is -0.0800. The highest BCUT2D eigenvalue weighted by Gasteiger charge is 2.65.